The van der Waals surface area contributed by atoms with Crippen LogP contribution in [0.4, 0.5) is 0 Å². The highest BCUT2D eigenvalue weighted by atomic mass is 79.9. The van der Waals surface area contributed by atoms with E-state index in [0.717, 1.165) is 33.3 Å². The van der Waals surface area contributed by atoms with Gasteiger partial charge in [0.25, 0.3) is 0 Å². The van der Waals surface area contributed by atoms with Gasteiger partial charge in [-0.2, -0.15) is 0 Å². The third kappa shape index (κ3) is 4.30. The quantitative estimate of drug-likeness (QED) is 0.822. The first-order valence-electron chi connectivity index (χ1n) is 5.97. The van der Waals surface area contributed by atoms with E-state index in [4.69, 9.17) is 4.74 Å². The molecular weight excluding hydrogens is 372 g/mol. The molecule has 2 rings (SSSR count). The van der Waals surface area contributed by atoms with Crippen LogP contribution in [0.1, 0.15) is 12.5 Å². The van der Waals surface area contributed by atoms with Crippen LogP contribution in [0.15, 0.2) is 45.5 Å². The second-order valence-corrected chi connectivity index (χ2v) is 5.73. The molecule has 0 aliphatic carbocycles. The van der Waals surface area contributed by atoms with Crippen LogP contribution in [-0.2, 0) is 6.54 Å². The topological polar surface area (TPSA) is 34.1 Å². The van der Waals surface area contributed by atoms with Crippen molar-refractivity contribution in [2.45, 2.75) is 13.5 Å². The van der Waals surface area contributed by atoms with Gasteiger partial charge < -0.3 is 10.1 Å². The van der Waals surface area contributed by atoms with Crippen molar-refractivity contribution in [1.29, 1.82) is 0 Å². The Labute approximate surface area is 129 Å². The zero-order chi connectivity index (χ0) is 13.7. The second kappa shape index (κ2) is 7.03. The third-order valence-electron chi connectivity index (χ3n) is 2.49. The fourth-order valence-electron chi connectivity index (χ4n) is 1.52. The molecule has 0 aliphatic rings. The molecule has 0 bridgehead atoms. The van der Waals surface area contributed by atoms with Crippen LogP contribution in [0.2, 0.25) is 0 Å². The fourth-order valence-corrected chi connectivity index (χ4v) is 2.64. The van der Waals surface area contributed by atoms with E-state index in [1.807, 2.05) is 36.5 Å². The van der Waals surface area contributed by atoms with Gasteiger partial charge in [-0.3, -0.25) is 0 Å². The number of nitrogens with zero attached hydrogens (tertiary/aromatic N) is 1. The summed E-state index contributed by atoms with van der Waals surface area (Å²) in [5.74, 6) is 1.33. The lowest BCUT2D eigenvalue weighted by molar-refractivity contribution is 0.459. The van der Waals surface area contributed by atoms with Crippen molar-refractivity contribution >= 4 is 31.9 Å². The summed E-state index contributed by atoms with van der Waals surface area (Å²) in [6.07, 6.45) is 1.82. The Morgan fingerprint density at radius 3 is 2.68 bits per heavy atom. The molecule has 1 heterocycles. The monoisotopic (exact) mass is 384 g/mol. The van der Waals surface area contributed by atoms with Gasteiger partial charge in [-0.25, -0.2) is 4.98 Å². The van der Waals surface area contributed by atoms with Gasteiger partial charge in [0, 0.05) is 23.3 Å². The van der Waals surface area contributed by atoms with Crippen molar-refractivity contribution in [3.8, 4) is 11.6 Å². The minimum atomic E-state index is 0.586. The van der Waals surface area contributed by atoms with Gasteiger partial charge in [-0.1, -0.05) is 28.9 Å². The smallest absolute Gasteiger partial charge is 0.219 e. The lowest BCUT2D eigenvalue weighted by Crippen LogP contribution is -2.11. The molecule has 0 aliphatic heterocycles. The lowest BCUT2D eigenvalue weighted by atomic mass is 10.3. The first-order chi connectivity index (χ1) is 9.19. The van der Waals surface area contributed by atoms with Crippen LogP contribution in [-0.4, -0.2) is 11.5 Å². The zero-order valence-electron chi connectivity index (χ0n) is 10.5. The summed E-state index contributed by atoms with van der Waals surface area (Å²) < 4.78 is 7.61. The summed E-state index contributed by atoms with van der Waals surface area (Å²) >= 11 is 6.87. The van der Waals surface area contributed by atoms with E-state index in [0.29, 0.717) is 5.88 Å². The SMILES string of the molecule is CCNCc1ccc(Oc2ccc(Br)cc2Br)nc1. The highest BCUT2D eigenvalue weighted by molar-refractivity contribution is 9.11. The molecule has 1 N–H and O–H groups in total. The summed E-state index contributed by atoms with van der Waals surface area (Å²) in [6.45, 7) is 3.85. The first-order valence-corrected chi connectivity index (χ1v) is 7.56. The number of aromatic nitrogens is 1. The van der Waals surface area contributed by atoms with E-state index in [2.05, 4.69) is 49.1 Å². The number of ether oxygens (including phenoxy) is 1. The molecule has 0 saturated heterocycles. The normalized spacial score (nSPS) is 10.5. The molecule has 1 aromatic heterocycles. The van der Waals surface area contributed by atoms with E-state index >= 15 is 0 Å². The minimum absolute atomic E-state index is 0.586. The van der Waals surface area contributed by atoms with E-state index in [1.54, 1.807) is 0 Å². The van der Waals surface area contributed by atoms with Crippen molar-refractivity contribution in [2.24, 2.45) is 0 Å². The van der Waals surface area contributed by atoms with Gasteiger partial charge in [0.15, 0.2) is 0 Å². The standard InChI is InChI=1S/C14H14Br2N2O/c1-2-17-8-10-3-6-14(18-9-10)19-13-5-4-11(15)7-12(13)16/h3-7,9,17H,2,8H2,1H3. The summed E-state index contributed by atoms with van der Waals surface area (Å²) in [7, 11) is 0. The number of benzene rings is 1. The molecule has 0 unspecified atom stereocenters. The maximum atomic E-state index is 5.72. The minimum Gasteiger partial charge on any atom is -0.438 e. The summed E-state index contributed by atoms with van der Waals surface area (Å²) in [4.78, 5) is 4.30. The van der Waals surface area contributed by atoms with E-state index in [9.17, 15) is 0 Å². The Hall–Kier alpha value is -0.910. The van der Waals surface area contributed by atoms with Crippen LogP contribution in [0, 0.1) is 0 Å². The highest BCUT2D eigenvalue weighted by Gasteiger charge is 2.04. The van der Waals surface area contributed by atoms with E-state index < -0.39 is 0 Å². The van der Waals surface area contributed by atoms with Gasteiger partial charge in [-0.15, -0.1) is 0 Å². The number of nitrogens with one attached hydrogen (secondary N) is 1. The molecule has 0 spiro atoms. The molecule has 0 atom stereocenters. The predicted molar refractivity (Wildman–Crippen MR) is 83.5 cm³/mol. The molecule has 5 heteroatoms. The molecule has 3 nitrogen and oxygen atoms in total. The molecule has 0 saturated carbocycles. The van der Waals surface area contributed by atoms with Crippen LogP contribution in [0.5, 0.6) is 11.6 Å². The van der Waals surface area contributed by atoms with Crippen LogP contribution in [0.25, 0.3) is 0 Å². The Morgan fingerprint density at radius 2 is 2.05 bits per heavy atom. The molecule has 0 fully saturated rings. The van der Waals surface area contributed by atoms with Crippen LogP contribution >= 0.6 is 31.9 Å². The number of halogens is 2. The number of rotatable bonds is 5. The van der Waals surface area contributed by atoms with Crippen molar-refractivity contribution in [3.05, 3.63) is 51.0 Å². The molecule has 100 valence electrons. The van der Waals surface area contributed by atoms with Crippen LogP contribution in [0.3, 0.4) is 0 Å². The maximum Gasteiger partial charge on any atom is 0.219 e. The second-order valence-electron chi connectivity index (χ2n) is 3.96. The first kappa shape index (κ1) is 14.5. The summed E-state index contributed by atoms with van der Waals surface area (Å²) in [6, 6.07) is 9.65. The van der Waals surface area contributed by atoms with Gasteiger partial charge in [-0.05, 0) is 46.2 Å². The third-order valence-corrected chi connectivity index (χ3v) is 3.60. The zero-order valence-corrected chi connectivity index (χ0v) is 13.7. The van der Waals surface area contributed by atoms with Crippen molar-refractivity contribution < 1.29 is 4.74 Å². The molecule has 1 aromatic carbocycles. The van der Waals surface area contributed by atoms with Gasteiger partial charge in [0.2, 0.25) is 5.88 Å². The number of hydrogen-bond donors (Lipinski definition) is 1. The lowest BCUT2D eigenvalue weighted by Gasteiger charge is -2.08. The number of pyridine rings is 1. The Bertz CT molecular complexity index is 544. The summed E-state index contributed by atoms with van der Waals surface area (Å²) in [5.41, 5.74) is 1.14. The van der Waals surface area contributed by atoms with E-state index in [-0.39, 0.29) is 0 Å². The average Bonchev–Trinajstić information content (AvgIpc) is 2.41. The molecule has 2 aromatic rings. The van der Waals surface area contributed by atoms with Gasteiger partial charge >= 0.3 is 0 Å². The van der Waals surface area contributed by atoms with Crippen molar-refractivity contribution in [1.82, 2.24) is 10.3 Å². The highest BCUT2D eigenvalue weighted by Crippen LogP contribution is 2.31. The maximum absolute atomic E-state index is 5.72. The predicted octanol–water partition coefficient (Wildman–Crippen LogP) is 4.51. The molecule has 0 amide bonds. The Morgan fingerprint density at radius 1 is 1.21 bits per heavy atom. The van der Waals surface area contributed by atoms with Crippen molar-refractivity contribution in [2.75, 3.05) is 6.54 Å². The van der Waals surface area contributed by atoms with E-state index in [1.165, 1.54) is 0 Å². The summed E-state index contributed by atoms with van der Waals surface area (Å²) in [5, 5.41) is 3.26. The fraction of sp³-hybridized carbons (Fsp3) is 0.214. The Balaban J connectivity index is 2.06. The largest absolute Gasteiger partial charge is 0.438 e. The average molecular weight is 386 g/mol. The number of hydrogen-bond acceptors (Lipinski definition) is 3. The molecule has 19 heavy (non-hydrogen) atoms. The Kier molecular flexibility index (Phi) is 5.36. The molecule has 0 radical (unpaired) electrons. The van der Waals surface area contributed by atoms with Gasteiger partial charge in [0.05, 0.1) is 4.47 Å². The van der Waals surface area contributed by atoms with Gasteiger partial charge in [0.1, 0.15) is 5.75 Å². The molecular formula is C14H14Br2N2O. The van der Waals surface area contributed by atoms with Crippen LogP contribution < -0.4 is 10.1 Å². The van der Waals surface area contributed by atoms with Crippen molar-refractivity contribution in [3.63, 3.8) is 0 Å².